The lowest BCUT2D eigenvalue weighted by atomic mass is 10.1. The van der Waals surface area contributed by atoms with E-state index in [0.717, 1.165) is 16.9 Å². The van der Waals surface area contributed by atoms with Crippen LogP contribution >= 0.6 is 11.3 Å². The summed E-state index contributed by atoms with van der Waals surface area (Å²) >= 11 is 0.938. The molecule has 5 N–H and O–H groups in total. The quantitative estimate of drug-likeness (QED) is 0.480. The maximum absolute atomic E-state index is 14.2. The fourth-order valence-electron chi connectivity index (χ4n) is 2.55. The minimum atomic E-state index is -1.15. The topological polar surface area (TPSA) is 126 Å². The maximum atomic E-state index is 14.2. The van der Waals surface area contributed by atoms with E-state index < -0.39 is 17.8 Å². The molecule has 0 spiro atoms. The van der Waals surface area contributed by atoms with Crippen LogP contribution in [0.1, 0.15) is 16.0 Å². The average Bonchev–Trinajstić information content (AvgIpc) is 2.96. The first-order valence-electron chi connectivity index (χ1n) is 8.26. The molecule has 0 aliphatic rings. The van der Waals surface area contributed by atoms with E-state index in [-0.39, 0.29) is 22.9 Å². The number of carboxylic acids is 1. The second-order valence-electron chi connectivity index (χ2n) is 6.12. The molecule has 28 heavy (non-hydrogen) atoms. The number of ether oxygens (including phenoxy) is 1. The molecule has 0 fully saturated rings. The number of aromatic nitrogens is 1. The van der Waals surface area contributed by atoms with E-state index in [9.17, 15) is 19.1 Å². The third-order valence-corrected chi connectivity index (χ3v) is 4.86. The number of H-pyrrole nitrogens is 1. The van der Waals surface area contributed by atoms with Crippen molar-refractivity contribution in [1.29, 1.82) is 0 Å². The Morgan fingerprint density at radius 2 is 1.89 bits per heavy atom. The van der Waals surface area contributed by atoms with Crippen LogP contribution in [0, 0.1) is 5.82 Å². The Balaban J connectivity index is 1.67. The summed E-state index contributed by atoms with van der Waals surface area (Å²) in [6.07, 6.45) is 0.391. The molecule has 0 radical (unpaired) electrons. The molecular weight excluding hydrogens is 387 g/mol. The highest BCUT2D eigenvalue weighted by atomic mass is 32.1. The number of carbonyl (C=O) groups is 1. The van der Waals surface area contributed by atoms with E-state index in [4.69, 9.17) is 15.6 Å². The zero-order chi connectivity index (χ0) is 20.3. The molecule has 9 heteroatoms. The fourth-order valence-corrected chi connectivity index (χ4v) is 3.31. The zero-order valence-corrected chi connectivity index (χ0v) is 15.3. The molecule has 0 saturated heterocycles. The number of nitrogens with one attached hydrogen (secondary N) is 1. The standard InChI is InChI=1S/C19H17FN2O5S/c20-13-7-11(8-14(21)18(24)25)3-6-15(13)27-12-4-1-10(2-5-12)9-16-17(23)22-19(26)28-16/h1-7,14,23H,8-9,21H2,(H,22,26)(H,24,25). The van der Waals surface area contributed by atoms with Gasteiger partial charge in [0.25, 0.3) is 0 Å². The van der Waals surface area contributed by atoms with Gasteiger partial charge in [-0.25, -0.2) is 4.39 Å². The van der Waals surface area contributed by atoms with Gasteiger partial charge in [0, 0.05) is 6.42 Å². The molecule has 1 aromatic heterocycles. The Labute approximate surface area is 162 Å². The molecule has 146 valence electrons. The number of carboxylic acid groups (broad SMARTS) is 1. The molecule has 0 amide bonds. The summed E-state index contributed by atoms with van der Waals surface area (Å²) in [5, 5.41) is 18.4. The van der Waals surface area contributed by atoms with Crippen molar-refractivity contribution in [1.82, 2.24) is 4.98 Å². The molecule has 1 atom stereocenters. The number of aliphatic carboxylic acids is 1. The van der Waals surface area contributed by atoms with Crippen molar-refractivity contribution in [2.45, 2.75) is 18.9 Å². The first kappa shape index (κ1) is 19.6. The Bertz CT molecular complexity index is 1050. The molecule has 0 saturated carbocycles. The molecule has 0 bridgehead atoms. The minimum absolute atomic E-state index is 0.00175. The van der Waals surface area contributed by atoms with Gasteiger partial charge in [-0.2, -0.15) is 0 Å². The first-order chi connectivity index (χ1) is 13.3. The van der Waals surface area contributed by atoms with Crippen molar-refractivity contribution in [3.05, 3.63) is 74.0 Å². The van der Waals surface area contributed by atoms with Gasteiger partial charge in [0.2, 0.25) is 5.88 Å². The Hall–Kier alpha value is -3.17. The van der Waals surface area contributed by atoms with Gasteiger partial charge in [-0.1, -0.05) is 29.5 Å². The predicted molar refractivity (Wildman–Crippen MR) is 102 cm³/mol. The number of thiazole rings is 1. The van der Waals surface area contributed by atoms with Gasteiger partial charge in [0.05, 0.1) is 4.88 Å². The number of aromatic hydroxyl groups is 1. The first-order valence-corrected chi connectivity index (χ1v) is 9.08. The summed E-state index contributed by atoms with van der Waals surface area (Å²) < 4.78 is 19.8. The van der Waals surface area contributed by atoms with Crippen molar-refractivity contribution < 1.29 is 24.1 Å². The second kappa shape index (κ2) is 8.24. The van der Waals surface area contributed by atoms with Crippen LogP contribution in [0.25, 0.3) is 0 Å². The van der Waals surface area contributed by atoms with Crippen LogP contribution in [-0.2, 0) is 17.6 Å². The van der Waals surface area contributed by atoms with Crippen molar-refractivity contribution in [2.75, 3.05) is 0 Å². The summed E-state index contributed by atoms with van der Waals surface area (Å²) in [7, 11) is 0. The highest BCUT2D eigenvalue weighted by Crippen LogP contribution is 2.27. The van der Waals surface area contributed by atoms with Crippen LogP contribution in [0.2, 0.25) is 0 Å². The van der Waals surface area contributed by atoms with Crippen LogP contribution in [0.15, 0.2) is 47.3 Å². The minimum Gasteiger partial charge on any atom is -0.494 e. The normalized spacial score (nSPS) is 11.9. The lowest BCUT2D eigenvalue weighted by molar-refractivity contribution is -0.138. The molecule has 1 unspecified atom stereocenters. The molecule has 3 rings (SSSR count). The second-order valence-corrected chi connectivity index (χ2v) is 7.19. The Kier molecular flexibility index (Phi) is 5.76. The molecule has 7 nitrogen and oxygen atoms in total. The highest BCUT2D eigenvalue weighted by Gasteiger charge is 2.14. The van der Waals surface area contributed by atoms with Crippen LogP contribution in [0.4, 0.5) is 4.39 Å². The summed E-state index contributed by atoms with van der Waals surface area (Å²) in [4.78, 5) is 24.5. The van der Waals surface area contributed by atoms with Crippen LogP contribution in [0.5, 0.6) is 17.4 Å². The van der Waals surface area contributed by atoms with E-state index in [0.29, 0.717) is 22.6 Å². The fraction of sp³-hybridized carbons (Fsp3) is 0.158. The molecular formula is C19H17FN2O5S. The lowest BCUT2D eigenvalue weighted by Crippen LogP contribution is -2.32. The lowest BCUT2D eigenvalue weighted by Gasteiger charge is -2.10. The average molecular weight is 404 g/mol. The molecule has 1 heterocycles. The van der Waals surface area contributed by atoms with Crippen molar-refractivity contribution >= 4 is 17.3 Å². The summed E-state index contributed by atoms with van der Waals surface area (Å²) in [5.41, 5.74) is 6.76. The van der Waals surface area contributed by atoms with E-state index in [2.05, 4.69) is 4.98 Å². The van der Waals surface area contributed by atoms with Gasteiger partial charge in [0.15, 0.2) is 11.6 Å². The smallest absolute Gasteiger partial charge is 0.320 e. The highest BCUT2D eigenvalue weighted by molar-refractivity contribution is 7.09. The van der Waals surface area contributed by atoms with Crippen molar-refractivity contribution in [2.24, 2.45) is 5.73 Å². The number of halogens is 1. The Morgan fingerprint density at radius 3 is 2.46 bits per heavy atom. The number of hydrogen-bond acceptors (Lipinski definition) is 6. The molecule has 2 aromatic carbocycles. The molecule has 3 aromatic rings. The van der Waals surface area contributed by atoms with E-state index in [1.54, 1.807) is 30.3 Å². The van der Waals surface area contributed by atoms with Gasteiger partial charge in [-0.3, -0.25) is 14.6 Å². The van der Waals surface area contributed by atoms with E-state index >= 15 is 0 Å². The van der Waals surface area contributed by atoms with E-state index in [1.807, 2.05) is 0 Å². The molecule has 0 aliphatic heterocycles. The van der Waals surface area contributed by atoms with E-state index in [1.165, 1.54) is 12.1 Å². The number of hydrogen-bond donors (Lipinski definition) is 4. The van der Waals surface area contributed by atoms with Crippen molar-refractivity contribution in [3.63, 3.8) is 0 Å². The molecule has 0 aliphatic carbocycles. The Morgan fingerprint density at radius 1 is 1.21 bits per heavy atom. The monoisotopic (exact) mass is 404 g/mol. The zero-order valence-electron chi connectivity index (χ0n) is 14.5. The number of rotatable bonds is 7. The number of nitrogens with two attached hydrogens (primary N) is 1. The number of aromatic amines is 1. The third-order valence-electron chi connectivity index (χ3n) is 3.99. The van der Waals surface area contributed by atoms with Crippen LogP contribution in [0.3, 0.4) is 0 Å². The van der Waals surface area contributed by atoms with Crippen molar-refractivity contribution in [3.8, 4) is 17.4 Å². The van der Waals surface area contributed by atoms with Gasteiger partial charge >= 0.3 is 10.8 Å². The van der Waals surface area contributed by atoms with Gasteiger partial charge in [-0.15, -0.1) is 0 Å². The largest absolute Gasteiger partial charge is 0.494 e. The van der Waals surface area contributed by atoms with Crippen LogP contribution < -0.4 is 15.3 Å². The number of benzene rings is 2. The summed E-state index contributed by atoms with van der Waals surface area (Å²) in [6, 6.07) is 9.87. The summed E-state index contributed by atoms with van der Waals surface area (Å²) in [5.74, 6) is -1.51. The SMILES string of the molecule is NC(Cc1ccc(Oc2ccc(Cc3sc(=O)[nH]c3O)cc2)c(F)c1)C(=O)O. The summed E-state index contributed by atoms with van der Waals surface area (Å²) in [6.45, 7) is 0. The van der Waals surface area contributed by atoms with Crippen LogP contribution in [-0.4, -0.2) is 27.2 Å². The van der Waals surface area contributed by atoms with Gasteiger partial charge in [0.1, 0.15) is 11.8 Å². The third kappa shape index (κ3) is 4.76. The maximum Gasteiger partial charge on any atom is 0.320 e. The van der Waals surface area contributed by atoms with Gasteiger partial charge < -0.3 is 20.7 Å². The van der Waals surface area contributed by atoms with Gasteiger partial charge in [-0.05, 0) is 41.8 Å². The predicted octanol–water partition coefficient (Wildman–Crippen LogP) is 2.62.